The summed E-state index contributed by atoms with van der Waals surface area (Å²) >= 11 is 0. The predicted octanol–water partition coefficient (Wildman–Crippen LogP) is 0.853. The first-order valence-electron chi connectivity index (χ1n) is 5.64. The van der Waals surface area contributed by atoms with Crippen LogP contribution in [0.2, 0.25) is 0 Å². The third kappa shape index (κ3) is 1.74. The predicted molar refractivity (Wildman–Crippen MR) is 58.8 cm³/mol. The number of nitrogens with one attached hydrogen (secondary N) is 1. The van der Waals surface area contributed by atoms with Crippen LogP contribution in [0.4, 0.5) is 0 Å². The second kappa shape index (κ2) is 3.96. The Balaban J connectivity index is 1.85. The Labute approximate surface area is 94.2 Å². The second-order valence-corrected chi connectivity index (χ2v) is 4.25. The van der Waals surface area contributed by atoms with Crippen molar-refractivity contribution in [3.05, 3.63) is 23.8 Å². The highest BCUT2D eigenvalue weighted by molar-refractivity contribution is 5.44. The largest absolute Gasteiger partial charge is 0.486 e. The van der Waals surface area contributed by atoms with Gasteiger partial charge in [-0.3, -0.25) is 0 Å². The lowest BCUT2D eigenvalue weighted by Gasteiger charge is -2.20. The van der Waals surface area contributed by atoms with Crippen molar-refractivity contribution in [2.75, 3.05) is 19.8 Å². The van der Waals surface area contributed by atoms with E-state index in [9.17, 15) is 5.11 Å². The number of ether oxygens (including phenoxy) is 2. The summed E-state index contributed by atoms with van der Waals surface area (Å²) in [4.78, 5) is 0. The summed E-state index contributed by atoms with van der Waals surface area (Å²) in [7, 11) is 0. The van der Waals surface area contributed by atoms with E-state index in [0.717, 1.165) is 23.5 Å². The molecule has 1 aromatic carbocycles. The number of aliphatic hydroxyl groups excluding tert-OH is 1. The maximum atomic E-state index is 9.48. The quantitative estimate of drug-likeness (QED) is 0.738. The molecule has 3 rings (SSSR count). The first kappa shape index (κ1) is 9.93. The van der Waals surface area contributed by atoms with Gasteiger partial charge in [-0.15, -0.1) is 0 Å². The molecule has 0 bridgehead atoms. The van der Waals surface area contributed by atoms with E-state index in [0.29, 0.717) is 19.8 Å². The smallest absolute Gasteiger partial charge is 0.161 e. The molecule has 0 aliphatic carbocycles. The number of hydrogen-bond acceptors (Lipinski definition) is 4. The van der Waals surface area contributed by atoms with Crippen LogP contribution in [0.25, 0.3) is 0 Å². The molecular weight excluding hydrogens is 206 g/mol. The minimum atomic E-state index is -0.238. The molecule has 1 fully saturated rings. The van der Waals surface area contributed by atoms with Gasteiger partial charge in [-0.1, -0.05) is 6.07 Å². The van der Waals surface area contributed by atoms with E-state index in [-0.39, 0.29) is 12.1 Å². The maximum Gasteiger partial charge on any atom is 0.161 e. The Kier molecular flexibility index (Phi) is 2.46. The monoisotopic (exact) mass is 221 g/mol. The Morgan fingerprint density at radius 1 is 1.19 bits per heavy atom. The minimum Gasteiger partial charge on any atom is -0.486 e. The van der Waals surface area contributed by atoms with Crippen molar-refractivity contribution < 1.29 is 14.6 Å². The van der Waals surface area contributed by atoms with Crippen LogP contribution in [0, 0.1) is 0 Å². The lowest BCUT2D eigenvalue weighted by atomic mass is 10.0. The second-order valence-electron chi connectivity index (χ2n) is 4.25. The molecule has 4 nitrogen and oxygen atoms in total. The zero-order valence-corrected chi connectivity index (χ0v) is 8.98. The summed E-state index contributed by atoms with van der Waals surface area (Å²) < 4.78 is 11.0. The molecule has 0 spiro atoms. The van der Waals surface area contributed by atoms with E-state index in [2.05, 4.69) is 5.32 Å². The molecule has 16 heavy (non-hydrogen) atoms. The summed E-state index contributed by atoms with van der Waals surface area (Å²) in [6.07, 6.45) is 0.526. The van der Waals surface area contributed by atoms with Crippen LogP contribution in [0.5, 0.6) is 11.5 Å². The molecule has 2 aliphatic heterocycles. The third-order valence-corrected chi connectivity index (χ3v) is 3.08. The van der Waals surface area contributed by atoms with E-state index in [1.807, 2.05) is 18.2 Å². The fourth-order valence-corrected chi connectivity index (χ4v) is 2.25. The third-order valence-electron chi connectivity index (χ3n) is 3.08. The van der Waals surface area contributed by atoms with Crippen LogP contribution in [0.1, 0.15) is 18.0 Å². The van der Waals surface area contributed by atoms with Crippen molar-refractivity contribution in [3.63, 3.8) is 0 Å². The molecule has 86 valence electrons. The van der Waals surface area contributed by atoms with Gasteiger partial charge < -0.3 is 19.9 Å². The number of benzene rings is 1. The molecule has 2 heterocycles. The van der Waals surface area contributed by atoms with E-state index in [4.69, 9.17) is 9.47 Å². The highest BCUT2D eigenvalue weighted by atomic mass is 16.6. The lowest BCUT2D eigenvalue weighted by molar-refractivity contribution is 0.171. The van der Waals surface area contributed by atoms with Gasteiger partial charge in [0, 0.05) is 12.6 Å². The summed E-state index contributed by atoms with van der Waals surface area (Å²) in [6.45, 7) is 1.89. The van der Waals surface area contributed by atoms with Gasteiger partial charge in [0.15, 0.2) is 11.5 Å². The molecule has 2 aliphatic rings. The van der Waals surface area contributed by atoms with Gasteiger partial charge >= 0.3 is 0 Å². The summed E-state index contributed by atoms with van der Waals surface area (Å²) in [5, 5.41) is 12.8. The first-order chi connectivity index (χ1) is 7.83. The highest BCUT2D eigenvalue weighted by Crippen LogP contribution is 2.34. The van der Waals surface area contributed by atoms with E-state index < -0.39 is 0 Å². The van der Waals surface area contributed by atoms with Crippen molar-refractivity contribution in [2.45, 2.75) is 18.6 Å². The van der Waals surface area contributed by atoms with Crippen LogP contribution in [0.15, 0.2) is 18.2 Å². The van der Waals surface area contributed by atoms with Crippen molar-refractivity contribution in [2.24, 2.45) is 0 Å². The zero-order valence-electron chi connectivity index (χ0n) is 8.98. The Morgan fingerprint density at radius 2 is 2.00 bits per heavy atom. The average Bonchev–Trinajstić information content (AvgIpc) is 2.75. The van der Waals surface area contributed by atoms with Gasteiger partial charge in [-0.05, 0) is 24.1 Å². The number of β-amino-alcohol motifs (C(OH)–C–C–N with tert-alkyl or cyclic N) is 1. The van der Waals surface area contributed by atoms with Crippen molar-refractivity contribution in [1.82, 2.24) is 5.32 Å². The molecule has 0 radical (unpaired) electrons. The van der Waals surface area contributed by atoms with E-state index in [1.54, 1.807) is 0 Å². The SMILES string of the molecule is OC1CNC(c2ccc3c(c2)OCCO3)C1. The van der Waals surface area contributed by atoms with Crippen LogP contribution >= 0.6 is 0 Å². The minimum absolute atomic E-state index is 0.228. The lowest BCUT2D eigenvalue weighted by Crippen LogP contribution is -2.17. The van der Waals surface area contributed by atoms with E-state index >= 15 is 0 Å². The zero-order chi connectivity index (χ0) is 11.0. The van der Waals surface area contributed by atoms with Gasteiger partial charge in [0.2, 0.25) is 0 Å². The van der Waals surface area contributed by atoms with Gasteiger partial charge in [0.25, 0.3) is 0 Å². The van der Waals surface area contributed by atoms with Crippen LogP contribution < -0.4 is 14.8 Å². The molecule has 1 saturated heterocycles. The number of fused-ring (bicyclic) bond motifs is 1. The first-order valence-corrected chi connectivity index (χ1v) is 5.64. The van der Waals surface area contributed by atoms with Gasteiger partial charge in [-0.25, -0.2) is 0 Å². The molecule has 0 aromatic heterocycles. The molecule has 4 heteroatoms. The Bertz CT molecular complexity index is 394. The number of hydrogen-bond donors (Lipinski definition) is 2. The summed E-state index contributed by atoms with van der Waals surface area (Å²) in [6, 6.07) is 6.20. The summed E-state index contributed by atoms with van der Waals surface area (Å²) in [5.74, 6) is 1.63. The van der Waals surface area contributed by atoms with Gasteiger partial charge in [0.05, 0.1) is 6.10 Å². The normalized spacial score (nSPS) is 28.1. The van der Waals surface area contributed by atoms with Crippen molar-refractivity contribution in [3.8, 4) is 11.5 Å². The average molecular weight is 221 g/mol. The van der Waals surface area contributed by atoms with Crippen molar-refractivity contribution in [1.29, 1.82) is 0 Å². The van der Waals surface area contributed by atoms with Gasteiger partial charge in [0.1, 0.15) is 13.2 Å². The van der Waals surface area contributed by atoms with Crippen LogP contribution in [0.3, 0.4) is 0 Å². The summed E-state index contributed by atoms with van der Waals surface area (Å²) in [5.41, 5.74) is 1.15. The standard InChI is InChI=1S/C12H15NO3/c14-9-6-10(13-7-9)8-1-2-11-12(5-8)16-4-3-15-11/h1-2,5,9-10,13-14H,3-4,6-7H2. The topological polar surface area (TPSA) is 50.7 Å². The molecule has 0 amide bonds. The Morgan fingerprint density at radius 3 is 2.75 bits per heavy atom. The molecule has 1 aromatic rings. The van der Waals surface area contributed by atoms with Crippen molar-refractivity contribution >= 4 is 0 Å². The fraction of sp³-hybridized carbons (Fsp3) is 0.500. The molecule has 2 N–H and O–H groups in total. The molecule has 0 saturated carbocycles. The number of rotatable bonds is 1. The maximum absolute atomic E-state index is 9.48. The molecule has 2 unspecified atom stereocenters. The highest BCUT2D eigenvalue weighted by Gasteiger charge is 2.24. The number of aliphatic hydroxyl groups is 1. The Hall–Kier alpha value is -1.26. The van der Waals surface area contributed by atoms with Crippen LogP contribution in [-0.2, 0) is 0 Å². The fourth-order valence-electron chi connectivity index (χ4n) is 2.25. The van der Waals surface area contributed by atoms with Gasteiger partial charge in [-0.2, -0.15) is 0 Å². The van der Waals surface area contributed by atoms with E-state index in [1.165, 1.54) is 0 Å². The van der Waals surface area contributed by atoms with Crippen LogP contribution in [-0.4, -0.2) is 31.0 Å². The molecule has 2 atom stereocenters. The molecular formula is C12H15NO3.